The third-order valence-corrected chi connectivity index (χ3v) is 1.99. The Balaban J connectivity index is 2.50. The maximum atomic E-state index is 5.33. The van der Waals surface area contributed by atoms with E-state index in [2.05, 4.69) is 43.3 Å². The lowest BCUT2D eigenvalue weighted by Gasteiger charge is -2.10. The van der Waals surface area contributed by atoms with Gasteiger partial charge in [0.15, 0.2) is 0 Å². The highest BCUT2D eigenvalue weighted by Crippen LogP contribution is 2.07. The summed E-state index contributed by atoms with van der Waals surface area (Å²) in [5.74, 6) is 0. The van der Waals surface area contributed by atoms with E-state index in [-0.39, 0.29) is 0 Å². The van der Waals surface area contributed by atoms with Crippen LogP contribution in [-0.2, 0) is 17.9 Å². The third kappa shape index (κ3) is 3.90. The summed E-state index contributed by atoms with van der Waals surface area (Å²) in [6.07, 6.45) is 0. The average molecular weight is 193 g/mol. The maximum Gasteiger partial charge on any atom is 0.0716 e. The molecule has 1 aromatic rings. The molecule has 0 saturated carbocycles. The van der Waals surface area contributed by atoms with Crippen LogP contribution >= 0.6 is 0 Å². The van der Waals surface area contributed by atoms with Gasteiger partial charge in [0.25, 0.3) is 0 Å². The van der Waals surface area contributed by atoms with Gasteiger partial charge < -0.3 is 9.64 Å². The van der Waals surface area contributed by atoms with Crippen molar-refractivity contribution in [3.63, 3.8) is 0 Å². The van der Waals surface area contributed by atoms with Gasteiger partial charge in [0.05, 0.1) is 6.61 Å². The van der Waals surface area contributed by atoms with Crippen LogP contribution in [0.2, 0.25) is 0 Å². The van der Waals surface area contributed by atoms with E-state index in [0.29, 0.717) is 0 Å². The first kappa shape index (κ1) is 11.2. The number of ether oxygens (including phenoxy) is 1. The molecular weight excluding hydrogens is 174 g/mol. The van der Waals surface area contributed by atoms with Crippen molar-refractivity contribution >= 4 is 0 Å². The summed E-state index contributed by atoms with van der Waals surface area (Å²) in [6.45, 7) is 4.51. The van der Waals surface area contributed by atoms with Gasteiger partial charge in [-0.25, -0.2) is 0 Å². The number of nitrogens with zero attached hydrogens (tertiary/aromatic N) is 1. The van der Waals surface area contributed by atoms with E-state index in [9.17, 15) is 0 Å². The van der Waals surface area contributed by atoms with Crippen LogP contribution in [0.4, 0.5) is 0 Å². The van der Waals surface area contributed by atoms with Crippen molar-refractivity contribution in [2.24, 2.45) is 0 Å². The summed E-state index contributed by atoms with van der Waals surface area (Å²) in [4.78, 5) is 2.16. The summed E-state index contributed by atoms with van der Waals surface area (Å²) < 4.78 is 5.33. The molecule has 0 spiro atoms. The minimum absolute atomic E-state index is 0.721. The Hall–Kier alpha value is -0.860. The quantitative estimate of drug-likeness (QED) is 0.711. The Morgan fingerprint density at radius 2 is 1.64 bits per heavy atom. The van der Waals surface area contributed by atoms with Crippen molar-refractivity contribution in [3.05, 3.63) is 35.4 Å². The Kier molecular flexibility index (Phi) is 4.63. The summed E-state index contributed by atoms with van der Waals surface area (Å²) in [6, 6.07) is 8.59. The molecule has 1 rings (SSSR count). The van der Waals surface area contributed by atoms with Crippen LogP contribution in [0.15, 0.2) is 24.3 Å². The number of hydrogen-bond acceptors (Lipinski definition) is 2. The highest BCUT2D eigenvalue weighted by molar-refractivity contribution is 5.21. The lowest BCUT2D eigenvalue weighted by atomic mass is 10.1. The molecule has 0 atom stereocenters. The molecule has 0 fully saturated rings. The van der Waals surface area contributed by atoms with E-state index in [4.69, 9.17) is 4.74 Å². The van der Waals surface area contributed by atoms with Crippen LogP contribution in [0.25, 0.3) is 0 Å². The Bertz CT molecular complexity index is 254. The Labute approximate surface area is 86.5 Å². The summed E-state index contributed by atoms with van der Waals surface area (Å²) in [5.41, 5.74) is 2.59. The van der Waals surface area contributed by atoms with Gasteiger partial charge >= 0.3 is 0 Å². The van der Waals surface area contributed by atoms with Crippen LogP contribution in [0, 0.1) is 0 Å². The second kappa shape index (κ2) is 5.78. The van der Waals surface area contributed by atoms with E-state index in [1.54, 1.807) is 0 Å². The van der Waals surface area contributed by atoms with Crippen LogP contribution in [0.1, 0.15) is 18.1 Å². The molecule has 2 nitrogen and oxygen atoms in total. The lowest BCUT2D eigenvalue weighted by molar-refractivity contribution is 0.134. The van der Waals surface area contributed by atoms with E-state index in [1.807, 2.05) is 6.92 Å². The zero-order chi connectivity index (χ0) is 10.4. The van der Waals surface area contributed by atoms with E-state index in [1.165, 1.54) is 11.1 Å². The van der Waals surface area contributed by atoms with Crippen LogP contribution in [0.5, 0.6) is 0 Å². The van der Waals surface area contributed by atoms with Crippen LogP contribution < -0.4 is 0 Å². The van der Waals surface area contributed by atoms with Crippen molar-refractivity contribution in [3.8, 4) is 0 Å². The lowest BCUT2D eigenvalue weighted by Crippen LogP contribution is -2.10. The van der Waals surface area contributed by atoms with Crippen molar-refractivity contribution in [1.82, 2.24) is 4.90 Å². The highest BCUT2D eigenvalue weighted by atomic mass is 16.5. The van der Waals surface area contributed by atoms with Gasteiger partial charge in [-0.1, -0.05) is 24.3 Å². The van der Waals surface area contributed by atoms with E-state index < -0.39 is 0 Å². The molecule has 0 N–H and O–H groups in total. The Morgan fingerprint density at radius 3 is 2.14 bits per heavy atom. The fourth-order valence-corrected chi connectivity index (χ4v) is 1.33. The summed E-state index contributed by atoms with van der Waals surface area (Å²) >= 11 is 0. The van der Waals surface area contributed by atoms with Gasteiger partial charge in [0.2, 0.25) is 0 Å². The molecule has 0 saturated heterocycles. The first-order chi connectivity index (χ1) is 6.72. The Morgan fingerprint density at radius 1 is 1.07 bits per heavy atom. The second-order valence-corrected chi connectivity index (χ2v) is 3.69. The fraction of sp³-hybridized carbons (Fsp3) is 0.500. The molecule has 0 bridgehead atoms. The number of benzene rings is 1. The molecule has 0 heterocycles. The number of rotatable bonds is 5. The SMILES string of the molecule is CCOCc1ccc(CN(C)C)cc1. The maximum absolute atomic E-state index is 5.33. The fourth-order valence-electron chi connectivity index (χ4n) is 1.33. The standard InChI is InChI=1S/C12H19NO/c1-4-14-10-12-7-5-11(6-8-12)9-13(2)3/h5-8H,4,9-10H2,1-3H3. The molecule has 1 aromatic carbocycles. The topological polar surface area (TPSA) is 12.5 Å². The molecular formula is C12H19NO. The molecule has 0 aromatic heterocycles. The molecule has 0 aliphatic rings. The average Bonchev–Trinajstić information content (AvgIpc) is 2.16. The number of hydrogen-bond donors (Lipinski definition) is 0. The molecule has 0 aliphatic heterocycles. The minimum Gasteiger partial charge on any atom is -0.377 e. The van der Waals surface area contributed by atoms with Crippen molar-refractivity contribution < 1.29 is 4.74 Å². The van der Waals surface area contributed by atoms with Gasteiger partial charge in [0, 0.05) is 13.2 Å². The first-order valence-electron chi connectivity index (χ1n) is 5.02. The molecule has 78 valence electrons. The van der Waals surface area contributed by atoms with Gasteiger partial charge in [-0.05, 0) is 32.1 Å². The monoisotopic (exact) mass is 193 g/mol. The smallest absolute Gasteiger partial charge is 0.0716 e. The van der Waals surface area contributed by atoms with Crippen LogP contribution in [0.3, 0.4) is 0 Å². The van der Waals surface area contributed by atoms with Crippen molar-refractivity contribution in [2.75, 3.05) is 20.7 Å². The van der Waals surface area contributed by atoms with Crippen LogP contribution in [-0.4, -0.2) is 25.6 Å². The van der Waals surface area contributed by atoms with Gasteiger partial charge in [-0.3, -0.25) is 0 Å². The molecule has 2 heteroatoms. The predicted molar refractivity (Wildman–Crippen MR) is 59.2 cm³/mol. The third-order valence-electron chi connectivity index (χ3n) is 1.99. The van der Waals surface area contributed by atoms with E-state index >= 15 is 0 Å². The predicted octanol–water partition coefficient (Wildman–Crippen LogP) is 2.28. The van der Waals surface area contributed by atoms with Gasteiger partial charge in [-0.15, -0.1) is 0 Å². The normalized spacial score (nSPS) is 10.9. The van der Waals surface area contributed by atoms with Crippen molar-refractivity contribution in [2.45, 2.75) is 20.1 Å². The van der Waals surface area contributed by atoms with Gasteiger partial charge in [-0.2, -0.15) is 0 Å². The minimum atomic E-state index is 0.721. The molecule has 0 amide bonds. The second-order valence-electron chi connectivity index (χ2n) is 3.69. The zero-order valence-electron chi connectivity index (χ0n) is 9.29. The summed E-state index contributed by atoms with van der Waals surface area (Å²) in [5, 5.41) is 0. The van der Waals surface area contributed by atoms with E-state index in [0.717, 1.165) is 19.8 Å². The molecule has 0 unspecified atom stereocenters. The first-order valence-corrected chi connectivity index (χ1v) is 5.02. The molecule has 0 radical (unpaired) electrons. The molecule has 14 heavy (non-hydrogen) atoms. The summed E-state index contributed by atoms with van der Waals surface area (Å²) in [7, 11) is 4.15. The van der Waals surface area contributed by atoms with Crippen molar-refractivity contribution in [1.29, 1.82) is 0 Å². The highest BCUT2D eigenvalue weighted by Gasteiger charge is 1.96. The molecule has 0 aliphatic carbocycles. The van der Waals surface area contributed by atoms with Gasteiger partial charge in [0.1, 0.15) is 0 Å². The largest absolute Gasteiger partial charge is 0.377 e. The zero-order valence-corrected chi connectivity index (χ0v) is 9.29.